The molecule has 0 atom stereocenters. The van der Waals surface area contributed by atoms with Gasteiger partial charge in [-0.15, -0.1) is 0 Å². The van der Waals surface area contributed by atoms with Crippen LogP contribution in [0.2, 0.25) is 0 Å². The van der Waals surface area contributed by atoms with Gasteiger partial charge >= 0.3 is 18.4 Å². The third kappa shape index (κ3) is 4.86. The Hall–Kier alpha value is -4.22. The van der Waals surface area contributed by atoms with Crippen molar-refractivity contribution in [2.75, 3.05) is 16.4 Å². The molecule has 4 N–H and O–H groups in total. The van der Waals surface area contributed by atoms with Gasteiger partial charge in [0, 0.05) is 11.4 Å². The average molecular weight is 494 g/mol. The zero-order chi connectivity index (χ0) is 25.5. The van der Waals surface area contributed by atoms with Gasteiger partial charge in [0.25, 0.3) is 0 Å². The fourth-order valence-electron chi connectivity index (χ4n) is 3.57. The summed E-state index contributed by atoms with van der Waals surface area (Å²) in [6.45, 7) is 1.84. The van der Waals surface area contributed by atoms with Crippen LogP contribution in [-0.4, -0.2) is 11.2 Å². The maximum absolute atomic E-state index is 13.1. The molecule has 6 nitrogen and oxygen atoms in total. The molecule has 4 aromatic rings. The van der Waals surface area contributed by atoms with E-state index in [1.54, 1.807) is 12.1 Å². The van der Waals surface area contributed by atoms with Gasteiger partial charge in [-0.2, -0.15) is 26.3 Å². The monoisotopic (exact) mass is 494 g/mol. The lowest BCUT2D eigenvalue weighted by molar-refractivity contribution is -0.162. The van der Waals surface area contributed by atoms with Gasteiger partial charge in [0.15, 0.2) is 11.4 Å². The Balaban J connectivity index is 1.52. The van der Waals surface area contributed by atoms with Crippen LogP contribution in [0.25, 0.3) is 22.1 Å². The minimum Gasteiger partial charge on any atom is -0.380 e. The molecule has 12 heteroatoms. The first-order valence-corrected chi connectivity index (χ1v) is 9.96. The van der Waals surface area contributed by atoms with Crippen LogP contribution in [0.4, 0.5) is 48.3 Å². The minimum absolute atomic E-state index is 0.218. The molecule has 35 heavy (non-hydrogen) atoms. The number of carbonyl (C=O) groups is 1. The van der Waals surface area contributed by atoms with Gasteiger partial charge in [0.2, 0.25) is 0 Å². The molecule has 0 fully saturated rings. The summed E-state index contributed by atoms with van der Waals surface area (Å²) in [7, 11) is 0. The molecule has 1 aromatic heterocycles. The zero-order valence-corrected chi connectivity index (χ0v) is 17.8. The molecule has 0 aliphatic carbocycles. The lowest BCUT2D eigenvalue weighted by atomic mass is 9.99. The lowest BCUT2D eigenvalue weighted by Crippen LogP contribution is -2.21. The van der Waals surface area contributed by atoms with Gasteiger partial charge in [-0.05, 0) is 53.9 Å². The number of urea groups is 1. The van der Waals surface area contributed by atoms with E-state index >= 15 is 0 Å². The van der Waals surface area contributed by atoms with Crippen molar-refractivity contribution in [1.82, 2.24) is 5.16 Å². The number of halogens is 6. The van der Waals surface area contributed by atoms with Crippen molar-refractivity contribution in [3.05, 3.63) is 71.3 Å². The van der Waals surface area contributed by atoms with E-state index in [4.69, 9.17) is 10.3 Å². The number of hydrogen-bond acceptors (Lipinski definition) is 4. The third-order valence-corrected chi connectivity index (χ3v) is 5.19. The second-order valence-electron chi connectivity index (χ2n) is 7.61. The molecule has 0 saturated carbocycles. The van der Waals surface area contributed by atoms with E-state index in [0.717, 1.165) is 22.8 Å². The highest BCUT2D eigenvalue weighted by molar-refractivity contribution is 6.03. The number of aryl methyl sites for hydroxylation is 1. The van der Waals surface area contributed by atoms with E-state index in [-0.39, 0.29) is 23.6 Å². The maximum atomic E-state index is 13.1. The number of hydrogen-bond donors (Lipinski definition) is 3. The van der Waals surface area contributed by atoms with Crippen molar-refractivity contribution >= 4 is 34.2 Å². The van der Waals surface area contributed by atoms with Gasteiger partial charge in [0.05, 0.1) is 16.5 Å². The first-order chi connectivity index (χ1) is 16.3. The van der Waals surface area contributed by atoms with Crippen LogP contribution >= 0.6 is 0 Å². The Bertz CT molecular complexity index is 1410. The van der Waals surface area contributed by atoms with Crippen molar-refractivity contribution in [2.24, 2.45) is 0 Å². The van der Waals surface area contributed by atoms with Gasteiger partial charge in [-0.3, -0.25) is 0 Å². The molecule has 0 saturated heterocycles. The van der Waals surface area contributed by atoms with Crippen LogP contribution < -0.4 is 16.4 Å². The molecule has 0 radical (unpaired) electrons. The molecule has 182 valence electrons. The highest BCUT2D eigenvalue weighted by Crippen LogP contribution is 2.41. The number of anilines is 3. The molecule has 0 aliphatic heterocycles. The SMILES string of the molecule is Cc1ccc(-c2ccc(NC(=O)Nc3ccc(C(F)(F)F)c(C(F)(F)F)c3)cc2)c2c(N)noc12. The summed E-state index contributed by atoms with van der Waals surface area (Å²) in [5.41, 5.74) is 4.87. The molecule has 0 aliphatic rings. The minimum atomic E-state index is -5.26. The van der Waals surface area contributed by atoms with E-state index in [9.17, 15) is 31.1 Å². The number of nitrogens with two attached hydrogens (primary N) is 1. The number of rotatable bonds is 3. The molecule has 0 spiro atoms. The van der Waals surface area contributed by atoms with Gasteiger partial charge < -0.3 is 20.9 Å². The molecule has 0 bridgehead atoms. The highest BCUT2D eigenvalue weighted by atomic mass is 19.4. The lowest BCUT2D eigenvalue weighted by Gasteiger charge is -2.17. The van der Waals surface area contributed by atoms with E-state index < -0.39 is 35.2 Å². The number of fused-ring (bicyclic) bond motifs is 1. The smallest absolute Gasteiger partial charge is 0.380 e. The number of alkyl halides is 6. The van der Waals surface area contributed by atoms with Crippen molar-refractivity contribution in [3.63, 3.8) is 0 Å². The molecular formula is C23H16F6N4O2. The van der Waals surface area contributed by atoms with Gasteiger partial charge in [0.1, 0.15) is 0 Å². The average Bonchev–Trinajstić information content (AvgIpc) is 3.16. The number of carbonyl (C=O) groups excluding carboxylic acids is 1. The molecule has 1 heterocycles. The number of nitrogen functional groups attached to an aromatic ring is 1. The first kappa shape index (κ1) is 23.9. The van der Waals surface area contributed by atoms with Crippen LogP contribution in [0.15, 0.2) is 59.1 Å². The third-order valence-electron chi connectivity index (χ3n) is 5.19. The van der Waals surface area contributed by atoms with Crippen LogP contribution in [0, 0.1) is 6.92 Å². The largest absolute Gasteiger partial charge is 0.417 e. The number of aromatic nitrogens is 1. The Kier molecular flexibility index (Phi) is 5.83. The van der Waals surface area contributed by atoms with Crippen molar-refractivity contribution in [1.29, 1.82) is 0 Å². The predicted molar refractivity (Wildman–Crippen MR) is 118 cm³/mol. The second-order valence-corrected chi connectivity index (χ2v) is 7.61. The van der Waals surface area contributed by atoms with E-state index in [0.29, 0.717) is 11.0 Å². The fraction of sp³-hybridized carbons (Fsp3) is 0.130. The summed E-state index contributed by atoms with van der Waals surface area (Å²) in [6, 6.07) is 10.4. The Labute approximate surface area is 193 Å². The zero-order valence-electron chi connectivity index (χ0n) is 17.8. The molecule has 2 amide bonds. The standard InChI is InChI=1S/C23H16F6N4O2/c1-11-2-8-15(18-19(11)35-33-20(18)30)12-3-5-13(6-4-12)31-21(34)32-14-7-9-16(22(24,25)26)17(10-14)23(27,28)29/h2-10H,1H3,(H2,30,33)(H2,31,32,34). The molecule has 0 unspecified atom stereocenters. The number of benzene rings is 3. The van der Waals surface area contributed by atoms with E-state index in [2.05, 4.69) is 15.8 Å². The second kappa shape index (κ2) is 8.53. The number of amides is 2. The normalized spacial score (nSPS) is 12.1. The maximum Gasteiger partial charge on any atom is 0.417 e. The Morgan fingerprint density at radius 2 is 1.46 bits per heavy atom. The van der Waals surface area contributed by atoms with Crippen molar-refractivity contribution < 1.29 is 35.7 Å². The van der Waals surface area contributed by atoms with Crippen LogP contribution in [0.3, 0.4) is 0 Å². The van der Waals surface area contributed by atoms with E-state index in [1.165, 1.54) is 12.1 Å². The molecular weight excluding hydrogens is 478 g/mol. The van der Waals surface area contributed by atoms with Crippen LogP contribution in [-0.2, 0) is 12.4 Å². The van der Waals surface area contributed by atoms with Crippen LogP contribution in [0.5, 0.6) is 0 Å². The summed E-state index contributed by atoms with van der Waals surface area (Å²) >= 11 is 0. The summed E-state index contributed by atoms with van der Waals surface area (Å²) in [6.07, 6.45) is -10.5. The topological polar surface area (TPSA) is 93.2 Å². The molecule has 4 rings (SSSR count). The van der Waals surface area contributed by atoms with Crippen molar-refractivity contribution in [2.45, 2.75) is 19.3 Å². The summed E-state index contributed by atoms with van der Waals surface area (Å²) in [4.78, 5) is 12.2. The number of nitrogens with one attached hydrogen (secondary N) is 2. The Morgan fingerprint density at radius 3 is 2.09 bits per heavy atom. The van der Waals surface area contributed by atoms with E-state index in [1.807, 2.05) is 19.1 Å². The predicted octanol–water partition coefficient (Wildman–Crippen LogP) is 7.07. The van der Waals surface area contributed by atoms with Gasteiger partial charge in [-0.25, -0.2) is 4.79 Å². The van der Waals surface area contributed by atoms with Gasteiger partial charge in [-0.1, -0.05) is 29.4 Å². The first-order valence-electron chi connectivity index (χ1n) is 9.96. The quantitative estimate of drug-likeness (QED) is 0.266. The number of nitrogens with zero attached hydrogens (tertiary/aromatic N) is 1. The Morgan fingerprint density at radius 1 is 0.857 bits per heavy atom. The highest BCUT2D eigenvalue weighted by Gasteiger charge is 2.43. The van der Waals surface area contributed by atoms with Crippen molar-refractivity contribution in [3.8, 4) is 11.1 Å². The summed E-state index contributed by atoms with van der Waals surface area (Å²) in [5.74, 6) is 0.218. The van der Waals surface area contributed by atoms with Crippen LogP contribution in [0.1, 0.15) is 16.7 Å². The molecule has 3 aromatic carbocycles. The summed E-state index contributed by atoms with van der Waals surface area (Å²) < 4.78 is 83.3. The summed E-state index contributed by atoms with van der Waals surface area (Å²) in [5, 5.41) is 8.94. The fourth-order valence-corrected chi connectivity index (χ4v) is 3.57.